The largest absolute Gasteiger partial charge is 0.375 e. The van der Waals surface area contributed by atoms with Crippen molar-refractivity contribution in [1.29, 1.82) is 5.26 Å². The summed E-state index contributed by atoms with van der Waals surface area (Å²) in [6.07, 6.45) is 3.26. The number of rotatable bonds is 1. The summed E-state index contributed by atoms with van der Waals surface area (Å²) in [7, 11) is 0. The van der Waals surface area contributed by atoms with E-state index >= 15 is 0 Å². The molecule has 0 spiro atoms. The van der Waals surface area contributed by atoms with E-state index in [1.807, 2.05) is 18.2 Å². The van der Waals surface area contributed by atoms with Crippen LogP contribution in [0, 0.1) is 11.3 Å². The van der Waals surface area contributed by atoms with Crippen molar-refractivity contribution in [2.45, 2.75) is 25.2 Å². The standard InChI is InChI=1S/C14H12BrN3S/c15-11-6-8(7-16)4-5-9(11)10-2-1-3-12-13(10)19-14(17)18-12/h4-6,10H,1-3H2,(H2,17,18). The van der Waals surface area contributed by atoms with Crippen LogP contribution < -0.4 is 5.73 Å². The van der Waals surface area contributed by atoms with Gasteiger partial charge in [0.25, 0.3) is 0 Å². The Morgan fingerprint density at radius 1 is 1.47 bits per heavy atom. The number of nitriles is 1. The fourth-order valence-electron chi connectivity index (χ4n) is 2.61. The molecule has 0 saturated carbocycles. The van der Waals surface area contributed by atoms with E-state index in [1.165, 1.54) is 10.4 Å². The molecule has 5 heteroatoms. The van der Waals surface area contributed by atoms with E-state index in [0.29, 0.717) is 16.6 Å². The van der Waals surface area contributed by atoms with Crippen LogP contribution in [0.1, 0.15) is 40.5 Å². The lowest BCUT2D eigenvalue weighted by Gasteiger charge is -2.22. The minimum Gasteiger partial charge on any atom is -0.375 e. The number of nitrogens with two attached hydrogens (primary N) is 1. The van der Waals surface area contributed by atoms with Gasteiger partial charge in [0.2, 0.25) is 0 Å². The first-order valence-electron chi connectivity index (χ1n) is 6.13. The molecule has 1 heterocycles. The quantitative estimate of drug-likeness (QED) is 0.862. The number of thiazole rings is 1. The second-order valence-electron chi connectivity index (χ2n) is 4.66. The molecule has 19 heavy (non-hydrogen) atoms. The molecular formula is C14H12BrN3S. The number of benzene rings is 1. The minimum absolute atomic E-state index is 0.348. The van der Waals surface area contributed by atoms with Gasteiger partial charge in [0.1, 0.15) is 0 Å². The van der Waals surface area contributed by atoms with Gasteiger partial charge in [0.15, 0.2) is 5.13 Å². The van der Waals surface area contributed by atoms with Crippen LogP contribution >= 0.6 is 27.3 Å². The molecule has 2 aromatic rings. The van der Waals surface area contributed by atoms with Crippen LogP contribution in [0.5, 0.6) is 0 Å². The molecule has 1 aliphatic rings. The molecule has 0 bridgehead atoms. The number of aromatic nitrogens is 1. The number of hydrogen-bond acceptors (Lipinski definition) is 4. The molecule has 0 radical (unpaired) electrons. The molecular weight excluding hydrogens is 322 g/mol. The zero-order chi connectivity index (χ0) is 13.4. The zero-order valence-corrected chi connectivity index (χ0v) is 12.6. The van der Waals surface area contributed by atoms with Crippen LogP contribution in [0.15, 0.2) is 22.7 Å². The third kappa shape index (κ3) is 2.26. The van der Waals surface area contributed by atoms with Crippen molar-refractivity contribution in [3.63, 3.8) is 0 Å². The SMILES string of the molecule is N#Cc1ccc(C2CCCc3nc(N)sc32)c(Br)c1. The maximum absolute atomic E-state index is 8.93. The fraction of sp³-hybridized carbons (Fsp3) is 0.286. The van der Waals surface area contributed by atoms with Gasteiger partial charge in [-0.25, -0.2) is 4.98 Å². The van der Waals surface area contributed by atoms with Gasteiger partial charge in [-0.3, -0.25) is 0 Å². The van der Waals surface area contributed by atoms with Gasteiger partial charge in [0.05, 0.1) is 17.3 Å². The van der Waals surface area contributed by atoms with E-state index in [0.717, 1.165) is 29.4 Å². The van der Waals surface area contributed by atoms with E-state index < -0.39 is 0 Å². The minimum atomic E-state index is 0.348. The number of anilines is 1. The molecule has 0 fully saturated rings. The van der Waals surface area contributed by atoms with Gasteiger partial charge in [-0.2, -0.15) is 5.26 Å². The number of fused-ring (bicyclic) bond motifs is 1. The molecule has 0 amide bonds. The van der Waals surface area contributed by atoms with E-state index in [2.05, 4.69) is 27.0 Å². The zero-order valence-electron chi connectivity index (χ0n) is 10.2. The molecule has 0 aliphatic heterocycles. The molecule has 3 rings (SSSR count). The van der Waals surface area contributed by atoms with Gasteiger partial charge in [-0.15, -0.1) is 11.3 Å². The maximum Gasteiger partial charge on any atom is 0.180 e. The highest BCUT2D eigenvalue weighted by Gasteiger charge is 2.26. The molecule has 1 aromatic carbocycles. The summed E-state index contributed by atoms with van der Waals surface area (Å²) >= 11 is 5.18. The van der Waals surface area contributed by atoms with Crippen LogP contribution in [0.3, 0.4) is 0 Å². The molecule has 1 aliphatic carbocycles. The smallest absolute Gasteiger partial charge is 0.180 e. The van der Waals surface area contributed by atoms with Crippen molar-refractivity contribution in [2.75, 3.05) is 5.73 Å². The van der Waals surface area contributed by atoms with Crippen LogP contribution in [0.2, 0.25) is 0 Å². The van der Waals surface area contributed by atoms with Crippen LogP contribution in [-0.2, 0) is 6.42 Å². The first-order valence-corrected chi connectivity index (χ1v) is 7.74. The Morgan fingerprint density at radius 2 is 2.32 bits per heavy atom. The van der Waals surface area contributed by atoms with Crippen molar-refractivity contribution in [3.05, 3.63) is 44.4 Å². The number of nitrogen functional groups attached to an aromatic ring is 1. The summed E-state index contributed by atoms with van der Waals surface area (Å²) in [5, 5.41) is 9.58. The van der Waals surface area contributed by atoms with Gasteiger partial charge < -0.3 is 5.73 Å². The van der Waals surface area contributed by atoms with Crippen molar-refractivity contribution >= 4 is 32.4 Å². The summed E-state index contributed by atoms with van der Waals surface area (Å²) in [6, 6.07) is 7.96. The van der Waals surface area contributed by atoms with E-state index in [9.17, 15) is 0 Å². The lowest BCUT2D eigenvalue weighted by Crippen LogP contribution is -2.09. The number of hydrogen-bond donors (Lipinski definition) is 1. The predicted octanol–water partition coefficient (Wildman–Crippen LogP) is 3.83. The van der Waals surface area contributed by atoms with E-state index in [1.54, 1.807) is 11.3 Å². The molecule has 1 aromatic heterocycles. The Morgan fingerprint density at radius 3 is 3.05 bits per heavy atom. The third-order valence-electron chi connectivity index (χ3n) is 3.47. The number of nitrogens with zero attached hydrogens (tertiary/aromatic N) is 2. The highest BCUT2D eigenvalue weighted by Crippen LogP contribution is 2.42. The van der Waals surface area contributed by atoms with E-state index in [4.69, 9.17) is 11.0 Å². The lowest BCUT2D eigenvalue weighted by molar-refractivity contribution is 0.616. The molecule has 96 valence electrons. The van der Waals surface area contributed by atoms with Crippen molar-refractivity contribution in [3.8, 4) is 6.07 Å². The summed E-state index contributed by atoms with van der Waals surface area (Å²) in [6.45, 7) is 0. The van der Waals surface area contributed by atoms with Crippen molar-refractivity contribution < 1.29 is 0 Å². The molecule has 1 atom stereocenters. The Bertz CT molecular complexity index is 672. The van der Waals surface area contributed by atoms with Crippen molar-refractivity contribution in [2.24, 2.45) is 0 Å². The normalized spacial score (nSPS) is 17.8. The fourth-order valence-corrected chi connectivity index (χ4v) is 4.30. The Hall–Kier alpha value is -1.38. The maximum atomic E-state index is 8.93. The van der Waals surface area contributed by atoms with Gasteiger partial charge >= 0.3 is 0 Å². The highest BCUT2D eigenvalue weighted by molar-refractivity contribution is 9.10. The molecule has 3 nitrogen and oxygen atoms in total. The number of aryl methyl sites for hydroxylation is 1. The lowest BCUT2D eigenvalue weighted by atomic mass is 9.86. The first kappa shape index (κ1) is 12.6. The average Bonchev–Trinajstić information content (AvgIpc) is 2.78. The second kappa shape index (κ2) is 4.95. The van der Waals surface area contributed by atoms with Crippen LogP contribution in [0.4, 0.5) is 5.13 Å². The molecule has 2 N–H and O–H groups in total. The predicted molar refractivity (Wildman–Crippen MR) is 80.2 cm³/mol. The Balaban J connectivity index is 2.06. The topological polar surface area (TPSA) is 62.7 Å². The van der Waals surface area contributed by atoms with Gasteiger partial charge in [-0.05, 0) is 37.0 Å². The van der Waals surface area contributed by atoms with Gasteiger partial charge in [-0.1, -0.05) is 22.0 Å². The Labute approximate surface area is 124 Å². The molecule has 0 saturated heterocycles. The monoisotopic (exact) mass is 333 g/mol. The third-order valence-corrected chi connectivity index (χ3v) is 5.20. The van der Waals surface area contributed by atoms with E-state index in [-0.39, 0.29) is 0 Å². The Kier molecular flexibility index (Phi) is 3.29. The second-order valence-corrected chi connectivity index (χ2v) is 6.57. The van der Waals surface area contributed by atoms with Gasteiger partial charge in [0, 0.05) is 15.3 Å². The first-order chi connectivity index (χ1) is 9.19. The number of halogens is 1. The summed E-state index contributed by atoms with van der Waals surface area (Å²) in [4.78, 5) is 5.71. The summed E-state index contributed by atoms with van der Waals surface area (Å²) < 4.78 is 0.997. The van der Waals surface area contributed by atoms with Crippen LogP contribution in [-0.4, -0.2) is 4.98 Å². The highest BCUT2D eigenvalue weighted by atomic mass is 79.9. The average molecular weight is 334 g/mol. The van der Waals surface area contributed by atoms with Crippen molar-refractivity contribution in [1.82, 2.24) is 4.98 Å². The summed E-state index contributed by atoms with van der Waals surface area (Å²) in [5.74, 6) is 0.348. The molecule has 1 unspecified atom stereocenters. The summed E-state index contributed by atoms with van der Waals surface area (Å²) in [5.41, 5.74) is 8.89. The van der Waals surface area contributed by atoms with Crippen LogP contribution in [0.25, 0.3) is 0 Å².